The third-order valence-electron chi connectivity index (χ3n) is 3.61. The Labute approximate surface area is 122 Å². The summed E-state index contributed by atoms with van der Waals surface area (Å²) in [7, 11) is -3.82. The molecule has 1 aliphatic carbocycles. The van der Waals surface area contributed by atoms with Crippen molar-refractivity contribution in [1.29, 1.82) is 0 Å². The standard InChI is InChI=1S/C15H15FN2O2S/c16-12-5-7-15(14(17)9-12)21(19,20)18-13-6-4-10-2-1-3-11(10)8-13/h4-9,18H,1-3,17H2. The van der Waals surface area contributed by atoms with E-state index in [0.29, 0.717) is 5.69 Å². The molecule has 0 atom stereocenters. The fraction of sp³-hybridized carbons (Fsp3) is 0.200. The molecule has 3 N–H and O–H groups in total. The topological polar surface area (TPSA) is 72.2 Å². The van der Waals surface area contributed by atoms with Gasteiger partial charge in [0.25, 0.3) is 10.0 Å². The molecule has 0 radical (unpaired) electrons. The first-order valence-electron chi connectivity index (χ1n) is 6.65. The summed E-state index contributed by atoms with van der Waals surface area (Å²) in [5.74, 6) is -0.566. The van der Waals surface area contributed by atoms with Gasteiger partial charge in [0.05, 0.1) is 5.69 Å². The number of nitrogens with two attached hydrogens (primary N) is 1. The number of hydrogen-bond donors (Lipinski definition) is 2. The van der Waals surface area contributed by atoms with Gasteiger partial charge in [-0.25, -0.2) is 12.8 Å². The van der Waals surface area contributed by atoms with Crippen LogP contribution >= 0.6 is 0 Å². The van der Waals surface area contributed by atoms with Crippen LogP contribution in [0.15, 0.2) is 41.3 Å². The van der Waals surface area contributed by atoms with Crippen LogP contribution in [0.5, 0.6) is 0 Å². The van der Waals surface area contributed by atoms with E-state index in [-0.39, 0.29) is 10.6 Å². The van der Waals surface area contributed by atoms with Gasteiger partial charge in [-0.15, -0.1) is 0 Å². The number of aryl methyl sites for hydroxylation is 2. The van der Waals surface area contributed by atoms with Crippen LogP contribution in [0.1, 0.15) is 17.5 Å². The molecule has 0 unspecified atom stereocenters. The number of halogens is 1. The van der Waals surface area contributed by atoms with Crippen LogP contribution in [0.4, 0.5) is 15.8 Å². The minimum Gasteiger partial charge on any atom is -0.398 e. The normalized spacial score (nSPS) is 14.0. The van der Waals surface area contributed by atoms with Gasteiger partial charge in [0.2, 0.25) is 0 Å². The Bertz CT molecular complexity index is 803. The summed E-state index contributed by atoms with van der Waals surface area (Å²) in [6.45, 7) is 0. The summed E-state index contributed by atoms with van der Waals surface area (Å²) in [6.07, 6.45) is 3.09. The molecule has 0 fully saturated rings. The SMILES string of the molecule is Nc1cc(F)ccc1S(=O)(=O)Nc1ccc2c(c1)CCC2. The molecular formula is C15H15FN2O2S. The van der Waals surface area contributed by atoms with Crippen LogP contribution < -0.4 is 10.5 Å². The van der Waals surface area contributed by atoms with E-state index in [0.717, 1.165) is 31.4 Å². The fourth-order valence-corrected chi connectivity index (χ4v) is 3.77. The zero-order valence-corrected chi connectivity index (χ0v) is 12.1. The Morgan fingerprint density at radius 1 is 1.05 bits per heavy atom. The molecule has 0 aromatic heterocycles. The van der Waals surface area contributed by atoms with Crippen LogP contribution in [0.25, 0.3) is 0 Å². The van der Waals surface area contributed by atoms with Crippen molar-refractivity contribution in [3.8, 4) is 0 Å². The molecular weight excluding hydrogens is 291 g/mol. The van der Waals surface area contributed by atoms with Gasteiger partial charge in [-0.2, -0.15) is 0 Å². The average molecular weight is 306 g/mol. The number of anilines is 2. The molecule has 3 rings (SSSR count). The van der Waals surface area contributed by atoms with Gasteiger partial charge in [0.1, 0.15) is 10.7 Å². The van der Waals surface area contributed by atoms with Crippen molar-refractivity contribution in [3.05, 3.63) is 53.3 Å². The molecule has 6 heteroatoms. The first-order valence-corrected chi connectivity index (χ1v) is 8.14. The summed E-state index contributed by atoms with van der Waals surface area (Å²) in [5.41, 5.74) is 8.42. The lowest BCUT2D eigenvalue weighted by Gasteiger charge is -2.11. The van der Waals surface area contributed by atoms with E-state index in [1.807, 2.05) is 12.1 Å². The second-order valence-electron chi connectivity index (χ2n) is 5.12. The predicted molar refractivity (Wildman–Crippen MR) is 80.1 cm³/mol. The molecule has 0 saturated carbocycles. The predicted octanol–water partition coefficient (Wildman–Crippen LogP) is 2.70. The second-order valence-corrected chi connectivity index (χ2v) is 6.78. The number of sulfonamides is 1. The number of fused-ring (bicyclic) bond motifs is 1. The zero-order chi connectivity index (χ0) is 15.0. The lowest BCUT2D eigenvalue weighted by atomic mass is 10.1. The van der Waals surface area contributed by atoms with E-state index >= 15 is 0 Å². The molecule has 0 heterocycles. The third-order valence-corrected chi connectivity index (χ3v) is 5.07. The molecule has 0 aliphatic heterocycles. The fourth-order valence-electron chi connectivity index (χ4n) is 2.61. The lowest BCUT2D eigenvalue weighted by molar-refractivity contribution is 0.600. The maximum Gasteiger partial charge on any atom is 0.263 e. The summed E-state index contributed by atoms with van der Waals surface area (Å²) in [6, 6.07) is 8.76. The number of nitrogens with one attached hydrogen (secondary N) is 1. The van der Waals surface area contributed by atoms with Crippen molar-refractivity contribution in [3.63, 3.8) is 0 Å². The van der Waals surface area contributed by atoms with E-state index in [2.05, 4.69) is 4.72 Å². The lowest BCUT2D eigenvalue weighted by Crippen LogP contribution is -2.15. The number of rotatable bonds is 3. The highest BCUT2D eigenvalue weighted by atomic mass is 32.2. The molecule has 21 heavy (non-hydrogen) atoms. The van der Waals surface area contributed by atoms with Crippen molar-refractivity contribution < 1.29 is 12.8 Å². The highest BCUT2D eigenvalue weighted by molar-refractivity contribution is 7.92. The number of benzene rings is 2. The van der Waals surface area contributed by atoms with Crippen LogP contribution in [0.3, 0.4) is 0 Å². The van der Waals surface area contributed by atoms with Gasteiger partial charge < -0.3 is 5.73 Å². The molecule has 110 valence electrons. The van der Waals surface area contributed by atoms with Crippen molar-refractivity contribution in [2.45, 2.75) is 24.2 Å². The number of nitrogen functional groups attached to an aromatic ring is 1. The highest BCUT2D eigenvalue weighted by Gasteiger charge is 2.19. The van der Waals surface area contributed by atoms with Crippen molar-refractivity contribution in [1.82, 2.24) is 0 Å². The third kappa shape index (κ3) is 2.71. The molecule has 2 aromatic rings. The van der Waals surface area contributed by atoms with Crippen molar-refractivity contribution in [2.75, 3.05) is 10.5 Å². The molecule has 4 nitrogen and oxygen atoms in total. The molecule has 0 saturated heterocycles. The van der Waals surface area contributed by atoms with Crippen LogP contribution in [0, 0.1) is 5.82 Å². The van der Waals surface area contributed by atoms with E-state index in [4.69, 9.17) is 5.73 Å². The first kappa shape index (κ1) is 13.9. The van der Waals surface area contributed by atoms with Gasteiger partial charge in [-0.1, -0.05) is 6.07 Å². The maximum atomic E-state index is 13.0. The van der Waals surface area contributed by atoms with Gasteiger partial charge in [0, 0.05) is 5.69 Å². The Kier molecular flexibility index (Phi) is 3.33. The first-order chi connectivity index (χ1) is 9.95. The van der Waals surface area contributed by atoms with Gasteiger partial charge in [0.15, 0.2) is 0 Å². The highest BCUT2D eigenvalue weighted by Crippen LogP contribution is 2.27. The molecule has 1 aliphatic rings. The van der Waals surface area contributed by atoms with Crippen LogP contribution in [-0.2, 0) is 22.9 Å². The van der Waals surface area contributed by atoms with E-state index in [1.165, 1.54) is 17.2 Å². The minimum atomic E-state index is -3.82. The van der Waals surface area contributed by atoms with Gasteiger partial charge in [-0.3, -0.25) is 4.72 Å². The minimum absolute atomic E-state index is 0.108. The molecule has 0 bridgehead atoms. The molecule has 0 spiro atoms. The summed E-state index contributed by atoms with van der Waals surface area (Å²) in [5, 5.41) is 0. The Morgan fingerprint density at radius 3 is 2.57 bits per heavy atom. The Hall–Kier alpha value is -2.08. The Morgan fingerprint density at radius 2 is 1.81 bits per heavy atom. The average Bonchev–Trinajstić information content (AvgIpc) is 2.85. The zero-order valence-electron chi connectivity index (χ0n) is 11.3. The van der Waals surface area contributed by atoms with Gasteiger partial charge >= 0.3 is 0 Å². The summed E-state index contributed by atoms with van der Waals surface area (Å²) < 4.78 is 40.2. The summed E-state index contributed by atoms with van der Waals surface area (Å²) >= 11 is 0. The van der Waals surface area contributed by atoms with E-state index in [9.17, 15) is 12.8 Å². The van der Waals surface area contributed by atoms with Crippen LogP contribution in [-0.4, -0.2) is 8.42 Å². The smallest absolute Gasteiger partial charge is 0.263 e. The number of hydrogen-bond acceptors (Lipinski definition) is 3. The quantitative estimate of drug-likeness (QED) is 0.856. The van der Waals surface area contributed by atoms with Crippen molar-refractivity contribution >= 4 is 21.4 Å². The second kappa shape index (κ2) is 5.04. The monoisotopic (exact) mass is 306 g/mol. The van der Waals surface area contributed by atoms with Crippen LogP contribution in [0.2, 0.25) is 0 Å². The summed E-state index contributed by atoms with van der Waals surface area (Å²) in [4.78, 5) is -0.121. The Balaban J connectivity index is 1.92. The van der Waals surface area contributed by atoms with E-state index in [1.54, 1.807) is 6.07 Å². The largest absolute Gasteiger partial charge is 0.398 e. The van der Waals surface area contributed by atoms with E-state index < -0.39 is 15.8 Å². The maximum absolute atomic E-state index is 13.0. The molecule has 2 aromatic carbocycles. The van der Waals surface area contributed by atoms with Crippen molar-refractivity contribution in [2.24, 2.45) is 0 Å². The van der Waals surface area contributed by atoms with Gasteiger partial charge in [-0.05, 0) is 60.7 Å². The molecule has 0 amide bonds.